The van der Waals surface area contributed by atoms with Crippen LogP contribution < -0.4 is 0 Å². The quantitative estimate of drug-likeness (QED) is 0.788. The summed E-state index contributed by atoms with van der Waals surface area (Å²) in [5, 5.41) is 0.787. The smallest absolute Gasteiger partial charge is 0.270 e. The van der Waals surface area contributed by atoms with E-state index in [0.29, 0.717) is 35.6 Å². The van der Waals surface area contributed by atoms with Crippen LogP contribution in [0.3, 0.4) is 0 Å². The van der Waals surface area contributed by atoms with Gasteiger partial charge in [-0.15, -0.1) is 0 Å². The van der Waals surface area contributed by atoms with Crippen LogP contribution >= 0.6 is 23.2 Å². The van der Waals surface area contributed by atoms with Crippen molar-refractivity contribution in [2.45, 2.75) is 13.0 Å². The largest absolute Gasteiger partial charge is 0.375 e. The van der Waals surface area contributed by atoms with Gasteiger partial charge in [-0.3, -0.25) is 4.79 Å². The summed E-state index contributed by atoms with van der Waals surface area (Å²) < 4.78 is 7.00. The van der Waals surface area contributed by atoms with Crippen molar-refractivity contribution in [3.05, 3.63) is 21.9 Å². The Morgan fingerprint density at radius 3 is 2.76 bits per heavy atom. The fraction of sp³-hybridized carbons (Fsp3) is 0.545. The molecule has 94 valence electrons. The van der Waals surface area contributed by atoms with Gasteiger partial charge in [0.15, 0.2) is 0 Å². The van der Waals surface area contributed by atoms with Gasteiger partial charge in [0.25, 0.3) is 5.91 Å². The molecule has 2 heterocycles. The molecule has 1 aromatic heterocycles. The molecule has 0 N–H and O–H groups in total. The van der Waals surface area contributed by atoms with Crippen molar-refractivity contribution >= 4 is 29.1 Å². The molecule has 1 aliphatic heterocycles. The molecule has 0 unspecified atom stereocenters. The molecule has 1 aromatic rings. The van der Waals surface area contributed by atoms with Gasteiger partial charge in [0.2, 0.25) is 0 Å². The third-order valence-electron chi connectivity index (χ3n) is 2.86. The molecule has 2 rings (SSSR count). The van der Waals surface area contributed by atoms with E-state index in [0.717, 1.165) is 0 Å². The number of morpholine rings is 1. The highest BCUT2D eigenvalue weighted by Crippen LogP contribution is 2.26. The lowest BCUT2D eigenvalue weighted by atomic mass is 10.2. The van der Waals surface area contributed by atoms with Gasteiger partial charge in [-0.2, -0.15) is 0 Å². The number of hydrogen-bond donors (Lipinski definition) is 0. The third kappa shape index (κ3) is 2.44. The zero-order chi connectivity index (χ0) is 12.6. The molecule has 17 heavy (non-hydrogen) atoms. The molecule has 0 bridgehead atoms. The molecule has 1 amide bonds. The average Bonchev–Trinajstić information content (AvgIpc) is 2.56. The van der Waals surface area contributed by atoms with Crippen molar-refractivity contribution in [1.29, 1.82) is 0 Å². The minimum atomic E-state index is -0.0588. The van der Waals surface area contributed by atoms with Crippen LogP contribution in [0, 0.1) is 0 Å². The number of aromatic nitrogens is 1. The van der Waals surface area contributed by atoms with Gasteiger partial charge >= 0.3 is 0 Å². The lowest BCUT2D eigenvalue weighted by Crippen LogP contribution is -2.45. The number of amides is 1. The Morgan fingerprint density at radius 2 is 2.24 bits per heavy atom. The van der Waals surface area contributed by atoms with E-state index in [1.165, 1.54) is 0 Å². The fourth-order valence-electron chi connectivity index (χ4n) is 1.91. The van der Waals surface area contributed by atoms with Crippen LogP contribution in [0.25, 0.3) is 0 Å². The van der Waals surface area contributed by atoms with E-state index in [9.17, 15) is 4.79 Å². The summed E-state index contributed by atoms with van der Waals surface area (Å²) in [5.41, 5.74) is 0.508. The topological polar surface area (TPSA) is 34.5 Å². The van der Waals surface area contributed by atoms with E-state index in [1.807, 2.05) is 6.92 Å². The lowest BCUT2D eigenvalue weighted by molar-refractivity contribution is -0.0127. The predicted molar refractivity (Wildman–Crippen MR) is 66.8 cm³/mol. The average molecular weight is 277 g/mol. The number of halogens is 2. The highest BCUT2D eigenvalue weighted by molar-refractivity contribution is 6.41. The van der Waals surface area contributed by atoms with Gasteiger partial charge in [0, 0.05) is 20.1 Å². The van der Waals surface area contributed by atoms with Crippen LogP contribution in [0.2, 0.25) is 10.2 Å². The van der Waals surface area contributed by atoms with E-state index < -0.39 is 0 Å². The van der Waals surface area contributed by atoms with Crippen molar-refractivity contribution < 1.29 is 9.53 Å². The zero-order valence-electron chi connectivity index (χ0n) is 9.74. The maximum Gasteiger partial charge on any atom is 0.270 e. The van der Waals surface area contributed by atoms with Crippen LogP contribution in [-0.4, -0.2) is 41.2 Å². The maximum absolute atomic E-state index is 12.3. The van der Waals surface area contributed by atoms with E-state index in [2.05, 4.69) is 0 Å². The first-order chi connectivity index (χ1) is 8.00. The molecule has 0 aromatic carbocycles. The molecule has 1 aliphatic rings. The summed E-state index contributed by atoms with van der Waals surface area (Å²) in [7, 11) is 1.73. The normalized spacial score (nSPS) is 20.7. The molecular weight excluding hydrogens is 263 g/mol. The number of rotatable bonds is 1. The van der Waals surface area contributed by atoms with Crippen molar-refractivity contribution in [2.24, 2.45) is 7.05 Å². The van der Waals surface area contributed by atoms with Crippen molar-refractivity contribution in [3.63, 3.8) is 0 Å². The molecular formula is C11H14Cl2N2O2. The van der Waals surface area contributed by atoms with Crippen molar-refractivity contribution in [3.8, 4) is 0 Å². The summed E-state index contributed by atoms with van der Waals surface area (Å²) in [6.07, 6.45) is 0.0684. The standard InChI is InChI=1S/C11H14Cl2N2O2/c1-7-6-15(3-4-17-7)11(16)9-5-8(12)10(13)14(9)2/h5,7H,3-4,6H2,1-2H3/t7-/m0/s1. The van der Waals surface area contributed by atoms with E-state index in [1.54, 1.807) is 22.6 Å². The molecule has 1 atom stereocenters. The van der Waals surface area contributed by atoms with Gasteiger partial charge < -0.3 is 14.2 Å². The molecule has 0 aliphatic carbocycles. The predicted octanol–water partition coefficient (Wildman–Crippen LogP) is 2.19. The Balaban J connectivity index is 2.21. The molecule has 4 nitrogen and oxygen atoms in total. The van der Waals surface area contributed by atoms with Gasteiger partial charge in [-0.1, -0.05) is 23.2 Å². The highest BCUT2D eigenvalue weighted by Gasteiger charge is 2.25. The second-order valence-corrected chi connectivity index (χ2v) is 4.93. The number of nitrogens with zero attached hydrogens (tertiary/aromatic N) is 2. The molecule has 0 radical (unpaired) electrons. The number of ether oxygens (including phenoxy) is 1. The van der Waals surface area contributed by atoms with Crippen LogP contribution in [-0.2, 0) is 11.8 Å². The molecule has 1 saturated heterocycles. The summed E-state index contributed by atoms with van der Waals surface area (Å²) in [6, 6.07) is 1.60. The number of hydrogen-bond acceptors (Lipinski definition) is 2. The monoisotopic (exact) mass is 276 g/mol. The molecule has 0 spiro atoms. The van der Waals surface area contributed by atoms with Crippen LogP contribution in [0.4, 0.5) is 0 Å². The second kappa shape index (κ2) is 4.88. The highest BCUT2D eigenvalue weighted by atomic mass is 35.5. The van der Waals surface area contributed by atoms with Gasteiger partial charge in [-0.05, 0) is 13.0 Å². The Hall–Kier alpha value is -0.710. The molecule has 6 heteroatoms. The summed E-state index contributed by atoms with van der Waals surface area (Å²) in [5.74, 6) is -0.0588. The summed E-state index contributed by atoms with van der Waals surface area (Å²) in [4.78, 5) is 14.0. The van der Waals surface area contributed by atoms with Gasteiger partial charge in [0.1, 0.15) is 10.8 Å². The molecule has 1 fully saturated rings. The van der Waals surface area contributed by atoms with E-state index in [4.69, 9.17) is 27.9 Å². The lowest BCUT2D eigenvalue weighted by Gasteiger charge is -2.31. The molecule has 0 saturated carbocycles. The Labute approximate surface area is 110 Å². The first kappa shape index (κ1) is 12.7. The van der Waals surface area contributed by atoms with Crippen molar-refractivity contribution in [1.82, 2.24) is 9.47 Å². The second-order valence-electron chi connectivity index (χ2n) is 4.16. The zero-order valence-corrected chi connectivity index (χ0v) is 11.3. The van der Waals surface area contributed by atoms with E-state index >= 15 is 0 Å². The minimum absolute atomic E-state index is 0.0588. The minimum Gasteiger partial charge on any atom is -0.375 e. The third-order valence-corrected chi connectivity index (χ3v) is 3.71. The van der Waals surface area contributed by atoms with Crippen LogP contribution in [0.15, 0.2) is 6.07 Å². The number of carbonyl (C=O) groups is 1. The fourth-order valence-corrected chi connectivity index (χ4v) is 2.29. The first-order valence-electron chi connectivity index (χ1n) is 5.42. The number of carbonyl (C=O) groups excluding carboxylic acids is 1. The maximum atomic E-state index is 12.3. The summed E-state index contributed by atoms with van der Waals surface area (Å²) >= 11 is 11.8. The Kier molecular flexibility index (Phi) is 3.66. The van der Waals surface area contributed by atoms with E-state index in [-0.39, 0.29) is 12.0 Å². The SMILES string of the molecule is C[C@H]1CN(C(=O)c2cc(Cl)c(Cl)n2C)CCO1. The Bertz CT molecular complexity index is 445. The van der Waals surface area contributed by atoms with Gasteiger partial charge in [0.05, 0.1) is 17.7 Å². The van der Waals surface area contributed by atoms with Crippen molar-refractivity contribution in [2.75, 3.05) is 19.7 Å². The first-order valence-corrected chi connectivity index (χ1v) is 6.18. The van der Waals surface area contributed by atoms with Crippen LogP contribution in [0.5, 0.6) is 0 Å². The Morgan fingerprint density at radius 1 is 1.53 bits per heavy atom. The van der Waals surface area contributed by atoms with Gasteiger partial charge in [-0.25, -0.2) is 0 Å². The summed E-state index contributed by atoms with van der Waals surface area (Å²) in [6.45, 7) is 3.71. The van der Waals surface area contributed by atoms with Crippen LogP contribution in [0.1, 0.15) is 17.4 Å².